The third kappa shape index (κ3) is 3.65. The second kappa shape index (κ2) is 8.07. The quantitative estimate of drug-likeness (QED) is 0.190. The number of halogens is 1. The summed E-state index contributed by atoms with van der Waals surface area (Å²) in [6, 6.07) is 27.6. The molecule has 6 aromatic rings. The van der Waals surface area contributed by atoms with Crippen molar-refractivity contribution in [3.05, 3.63) is 98.7 Å². The molecule has 2 heterocycles. The van der Waals surface area contributed by atoms with Gasteiger partial charge in [-0.05, 0) is 71.1 Å². The van der Waals surface area contributed by atoms with Crippen LogP contribution in [0, 0.1) is 3.57 Å². The lowest BCUT2D eigenvalue weighted by Gasteiger charge is -2.04. The van der Waals surface area contributed by atoms with Gasteiger partial charge in [0.05, 0.1) is 17.9 Å². The molecule has 0 radical (unpaired) electrons. The van der Waals surface area contributed by atoms with Gasteiger partial charge in [-0.15, -0.1) is 0 Å². The molecule has 0 spiro atoms. The SMILES string of the molecule is COc1ccc2oc3cc(I)ccc3c(=O)c2c1.c1ccc2c(c1)[nH]c1ccccc12. The molecule has 0 amide bonds. The van der Waals surface area contributed by atoms with E-state index in [1.165, 1.54) is 21.8 Å². The Balaban J connectivity index is 0.000000138. The zero-order valence-corrected chi connectivity index (χ0v) is 18.8. The van der Waals surface area contributed by atoms with E-state index in [0.29, 0.717) is 27.7 Å². The van der Waals surface area contributed by atoms with E-state index >= 15 is 0 Å². The number of hydrogen-bond acceptors (Lipinski definition) is 3. The van der Waals surface area contributed by atoms with Crippen molar-refractivity contribution in [2.75, 3.05) is 7.11 Å². The van der Waals surface area contributed by atoms with Crippen LogP contribution in [0.25, 0.3) is 43.7 Å². The molecule has 0 fully saturated rings. The molecule has 0 saturated heterocycles. The Kier molecular flexibility index (Phi) is 5.11. The minimum absolute atomic E-state index is 0.0263. The van der Waals surface area contributed by atoms with Crippen molar-refractivity contribution in [3.63, 3.8) is 0 Å². The van der Waals surface area contributed by atoms with Crippen LogP contribution in [-0.4, -0.2) is 12.1 Å². The van der Waals surface area contributed by atoms with Crippen LogP contribution in [0.3, 0.4) is 0 Å². The topological polar surface area (TPSA) is 55.2 Å². The molecule has 31 heavy (non-hydrogen) atoms. The number of methoxy groups -OCH3 is 1. The summed E-state index contributed by atoms with van der Waals surface area (Å²) < 4.78 is 11.9. The molecule has 4 nitrogen and oxygen atoms in total. The maximum Gasteiger partial charge on any atom is 0.200 e. The highest BCUT2D eigenvalue weighted by Crippen LogP contribution is 2.25. The number of benzene rings is 4. The van der Waals surface area contributed by atoms with Crippen molar-refractivity contribution in [2.24, 2.45) is 0 Å². The number of rotatable bonds is 1. The molecule has 0 aliphatic carbocycles. The highest BCUT2D eigenvalue weighted by atomic mass is 127. The van der Waals surface area contributed by atoms with Crippen LogP contribution < -0.4 is 10.2 Å². The Hall–Kier alpha value is -3.32. The Morgan fingerprint density at radius 1 is 0.742 bits per heavy atom. The summed E-state index contributed by atoms with van der Waals surface area (Å²) >= 11 is 2.19. The first-order valence-electron chi connectivity index (χ1n) is 9.79. The first kappa shape index (κ1) is 19.6. The van der Waals surface area contributed by atoms with E-state index in [1.54, 1.807) is 31.4 Å². The van der Waals surface area contributed by atoms with Crippen LogP contribution in [0.2, 0.25) is 0 Å². The predicted molar refractivity (Wildman–Crippen MR) is 135 cm³/mol. The second-order valence-electron chi connectivity index (χ2n) is 7.15. The molecule has 0 saturated carbocycles. The lowest BCUT2D eigenvalue weighted by atomic mass is 10.1. The van der Waals surface area contributed by atoms with E-state index in [4.69, 9.17) is 9.15 Å². The standard InChI is InChI=1S/C14H9IO3.C12H9N/c1-17-9-3-5-12-11(7-9)14(16)10-4-2-8(15)6-13(10)18-12;1-3-7-11-9(5-1)10-6-2-4-8-12(10)13-11/h2-7H,1H3;1-8,13H. The normalized spacial score (nSPS) is 11.0. The fraction of sp³-hybridized carbons (Fsp3) is 0.0385. The summed E-state index contributed by atoms with van der Waals surface area (Å²) in [6.45, 7) is 0. The smallest absolute Gasteiger partial charge is 0.200 e. The Bertz CT molecular complexity index is 1560. The number of nitrogens with one attached hydrogen (secondary N) is 1. The monoisotopic (exact) mass is 519 g/mol. The first-order chi connectivity index (χ1) is 15.1. The Labute approximate surface area is 191 Å². The molecule has 0 aliphatic heterocycles. The number of hydrogen-bond donors (Lipinski definition) is 1. The van der Waals surface area contributed by atoms with E-state index in [0.717, 1.165) is 3.57 Å². The van der Waals surface area contributed by atoms with Crippen LogP contribution in [-0.2, 0) is 0 Å². The summed E-state index contributed by atoms with van der Waals surface area (Å²) in [5.41, 5.74) is 3.59. The van der Waals surface area contributed by atoms with Gasteiger partial charge in [0.25, 0.3) is 0 Å². The number of aromatic nitrogens is 1. The summed E-state index contributed by atoms with van der Waals surface area (Å²) in [5, 5.41) is 3.75. The van der Waals surface area contributed by atoms with Gasteiger partial charge in [0.2, 0.25) is 5.43 Å². The number of H-pyrrole nitrogens is 1. The van der Waals surface area contributed by atoms with Crippen LogP contribution in [0.5, 0.6) is 5.75 Å². The third-order valence-electron chi connectivity index (χ3n) is 5.25. The average molecular weight is 519 g/mol. The van der Waals surface area contributed by atoms with Gasteiger partial charge in [-0.25, -0.2) is 0 Å². The molecule has 0 bridgehead atoms. The van der Waals surface area contributed by atoms with Crippen molar-refractivity contribution >= 4 is 66.3 Å². The first-order valence-corrected chi connectivity index (χ1v) is 10.9. The summed E-state index contributed by atoms with van der Waals surface area (Å²) in [6.07, 6.45) is 0. The van der Waals surface area contributed by atoms with Crippen molar-refractivity contribution in [2.45, 2.75) is 0 Å². The van der Waals surface area contributed by atoms with E-state index in [9.17, 15) is 4.79 Å². The molecule has 6 rings (SSSR count). The number of aromatic amines is 1. The maximum atomic E-state index is 12.3. The Morgan fingerprint density at radius 3 is 2.10 bits per heavy atom. The zero-order chi connectivity index (χ0) is 21.4. The predicted octanol–water partition coefficient (Wildman–Crippen LogP) is 6.88. The minimum Gasteiger partial charge on any atom is -0.497 e. The molecular formula is C26H18INO3. The van der Waals surface area contributed by atoms with Crippen LogP contribution >= 0.6 is 22.6 Å². The van der Waals surface area contributed by atoms with Crippen LogP contribution in [0.1, 0.15) is 0 Å². The number of para-hydroxylation sites is 2. The van der Waals surface area contributed by atoms with Gasteiger partial charge in [0.1, 0.15) is 16.9 Å². The van der Waals surface area contributed by atoms with Gasteiger partial charge in [0, 0.05) is 25.4 Å². The lowest BCUT2D eigenvalue weighted by molar-refractivity contribution is 0.415. The maximum absolute atomic E-state index is 12.3. The molecule has 2 aromatic heterocycles. The highest BCUT2D eigenvalue weighted by molar-refractivity contribution is 14.1. The molecule has 0 unspecified atom stereocenters. The molecule has 5 heteroatoms. The van der Waals surface area contributed by atoms with Gasteiger partial charge in [-0.3, -0.25) is 4.79 Å². The van der Waals surface area contributed by atoms with Gasteiger partial charge < -0.3 is 14.1 Å². The van der Waals surface area contributed by atoms with Crippen LogP contribution in [0.15, 0.2) is 94.1 Å². The summed E-state index contributed by atoms with van der Waals surface area (Å²) in [7, 11) is 1.58. The van der Waals surface area contributed by atoms with E-state index < -0.39 is 0 Å². The largest absolute Gasteiger partial charge is 0.497 e. The highest BCUT2D eigenvalue weighted by Gasteiger charge is 2.08. The number of ether oxygens (including phenoxy) is 1. The summed E-state index contributed by atoms with van der Waals surface area (Å²) in [4.78, 5) is 15.7. The van der Waals surface area contributed by atoms with Gasteiger partial charge in [-0.2, -0.15) is 0 Å². The van der Waals surface area contributed by atoms with E-state index in [-0.39, 0.29) is 5.43 Å². The van der Waals surface area contributed by atoms with E-state index in [1.807, 2.05) is 12.1 Å². The van der Waals surface area contributed by atoms with Gasteiger partial charge >= 0.3 is 0 Å². The fourth-order valence-corrected chi connectivity index (χ4v) is 4.20. The van der Waals surface area contributed by atoms with Crippen molar-refractivity contribution in [1.29, 1.82) is 0 Å². The molecule has 0 aliphatic rings. The molecular weight excluding hydrogens is 501 g/mol. The Morgan fingerprint density at radius 2 is 1.42 bits per heavy atom. The minimum atomic E-state index is -0.0263. The van der Waals surface area contributed by atoms with Gasteiger partial charge in [0.15, 0.2) is 0 Å². The molecule has 4 aromatic carbocycles. The fourth-order valence-electron chi connectivity index (χ4n) is 3.73. The van der Waals surface area contributed by atoms with Gasteiger partial charge in [-0.1, -0.05) is 36.4 Å². The summed E-state index contributed by atoms with van der Waals surface area (Å²) in [5.74, 6) is 0.652. The third-order valence-corrected chi connectivity index (χ3v) is 5.92. The molecule has 0 atom stereocenters. The second-order valence-corrected chi connectivity index (χ2v) is 8.40. The van der Waals surface area contributed by atoms with E-state index in [2.05, 4.69) is 76.1 Å². The number of fused-ring (bicyclic) bond motifs is 5. The lowest BCUT2D eigenvalue weighted by Crippen LogP contribution is -2.02. The molecule has 1 N–H and O–H groups in total. The average Bonchev–Trinajstić information content (AvgIpc) is 3.18. The van der Waals surface area contributed by atoms with Crippen molar-refractivity contribution in [1.82, 2.24) is 4.98 Å². The zero-order valence-electron chi connectivity index (χ0n) is 16.7. The van der Waals surface area contributed by atoms with Crippen molar-refractivity contribution in [3.8, 4) is 5.75 Å². The van der Waals surface area contributed by atoms with Crippen LogP contribution in [0.4, 0.5) is 0 Å². The van der Waals surface area contributed by atoms with Crippen molar-refractivity contribution < 1.29 is 9.15 Å². The molecule has 152 valence electrons.